The van der Waals surface area contributed by atoms with Crippen molar-refractivity contribution in [3.63, 3.8) is 0 Å². The first-order valence-corrected chi connectivity index (χ1v) is 3.89. The van der Waals surface area contributed by atoms with E-state index in [-0.39, 0.29) is 5.75 Å². The van der Waals surface area contributed by atoms with Crippen molar-refractivity contribution in [2.45, 2.75) is 0 Å². The predicted octanol–water partition coefficient (Wildman–Crippen LogP) is 2.23. The Morgan fingerprint density at radius 2 is 2.00 bits per heavy atom. The summed E-state index contributed by atoms with van der Waals surface area (Å²) < 4.78 is 4.95. The molecule has 0 fully saturated rings. The number of nitrogens with two attached hydrogens (primary N) is 1. The summed E-state index contributed by atoms with van der Waals surface area (Å²) in [7, 11) is 0. The number of phenolic OH excluding ortho intramolecular Hbond substituents is 1. The van der Waals surface area contributed by atoms with Gasteiger partial charge in [-0.3, -0.25) is 0 Å². The minimum Gasteiger partial charge on any atom is -0.508 e. The third-order valence-electron chi connectivity index (χ3n) is 1.80. The average Bonchev–Trinajstić information content (AvgIpc) is 2.52. The van der Waals surface area contributed by atoms with Gasteiger partial charge in [0, 0.05) is 11.6 Å². The maximum Gasteiger partial charge on any atom is 0.190 e. The highest BCUT2D eigenvalue weighted by atomic mass is 16.3. The molecule has 66 valence electrons. The second kappa shape index (κ2) is 2.86. The smallest absolute Gasteiger partial charge is 0.190 e. The van der Waals surface area contributed by atoms with E-state index in [0.29, 0.717) is 5.88 Å². The van der Waals surface area contributed by atoms with Gasteiger partial charge in [0.25, 0.3) is 0 Å². The van der Waals surface area contributed by atoms with Crippen LogP contribution in [0.4, 0.5) is 5.88 Å². The lowest BCUT2D eigenvalue weighted by molar-refractivity contribution is 0.475. The van der Waals surface area contributed by atoms with Gasteiger partial charge in [-0.2, -0.15) is 0 Å². The number of aromatic hydroxyl groups is 1. The minimum atomic E-state index is 0.234. The molecule has 0 aliphatic rings. The summed E-state index contributed by atoms with van der Waals surface area (Å²) in [5.74, 6) is 0.607. The van der Waals surface area contributed by atoms with Crippen LogP contribution in [0.25, 0.3) is 11.1 Å². The van der Waals surface area contributed by atoms with Crippen molar-refractivity contribution in [1.82, 2.24) is 0 Å². The number of furan rings is 1. The summed E-state index contributed by atoms with van der Waals surface area (Å²) >= 11 is 0. The zero-order chi connectivity index (χ0) is 9.26. The summed E-state index contributed by atoms with van der Waals surface area (Å²) in [5, 5.41) is 9.22. The average molecular weight is 175 g/mol. The first-order valence-electron chi connectivity index (χ1n) is 3.89. The molecule has 0 saturated heterocycles. The molecule has 1 heterocycles. The molecule has 0 saturated carbocycles. The number of hydrogen-bond acceptors (Lipinski definition) is 3. The molecule has 13 heavy (non-hydrogen) atoms. The molecule has 0 unspecified atom stereocenters. The van der Waals surface area contributed by atoms with Crippen LogP contribution in [0.15, 0.2) is 41.0 Å². The van der Waals surface area contributed by atoms with E-state index >= 15 is 0 Å². The molecule has 1 aromatic heterocycles. The monoisotopic (exact) mass is 175 g/mol. The van der Waals surface area contributed by atoms with E-state index in [0.717, 1.165) is 11.1 Å². The lowest BCUT2D eigenvalue weighted by Gasteiger charge is -1.96. The van der Waals surface area contributed by atoms with Gasteiger partial charge >= 0.3 is 0 Å². The normalized spacial score (nSPS) is 10.2. The Hall–Kier alpha value is -1.90. The minimum absolute atomic E-state index is 0.234. The second-order valence-electron chi connectivity index (χ2n) is 2.79. The largest absolute Gasteiger partial charge is 0.508 e. The second-order valence-corrected chi connectivity index (χ2v) is 2.79. The number of rotatable bonds is 1. The number of phenols is 1. The van der Waals surface area contributed by atoms with Crippen molar-refractivity contribution in [3.8, 4) is 16.9 Å². The molecule has 0 amide bonds. The highest BCUT2D eigenvalue weighted by molar-refractivity contribution is 5.66. The van der Waals surface area contributed by atoms with E-state index in [1.54, 1.807) is 30.5 Å². The fraction of sp³-hybridized carbons (Fsp3) is 0. The summed E-state index contributed by atoms with van der Waals surface area (Å²) in [6.07, 6.45) is 1.56. The third kappa shape index (κ3) is 1.49. The van der Waals surface area contributed by atoms with Gasteiger partial charge in [0.2, 0.25) is 0 Å². The summed E-state index contributed by atoms with van der Waals surface area (Å²) in [4.78, 5) is 0. The standard InChI is InChI=1S/C10H9NO2/c11-10-5-8(6-13-10)7-2-1-3-9(12)4-7/h1-6,12H,11H2. The molecule has 3 N–H and O–H groups in total. The fourth-order valence-electron chi connectivity index (χ4n) is 1.19. The maximum absolute atomic E-state index is 9.22. The number of anilines is 1. The Kier molecular flexibility index (Phi) is 1.70. The Morgan fingerprint density at radius 1 is 1.15 bits per heavy atom. The van der Waals surface area contributed by atoms with E-state index in [9.17, 15) is 5.11 Å². The lowest BCUT2D eigenvalue weighted by atomic mass is 10.1. The van der Waals surface area contributed by atoms with Crippen molar-refractivity contribution in [3.05, 3.63) is 36.6 Å². The van der Waals surface area contributed by atoms with Crippen molar-refractivity contribution >= 4 is 5.88 Å². The van der Waals surface area contributed by atoms with Crippen molar-refractivity contribution < 1.29 is 9.52 Å². The molecule has 1 aromatic carbocycles. The van der Waals surface area contributed by atoms with E-state index < -0.39 is 0 Å². The van der Waals surface area contributed by atoms with Gasteiger partial charge in [-0.05, 0) is 17.7 Å². The third-order valence-corrected chi connectivity index (χ3v) is 1.80. The van der Waals surface area contributed by atoms with Crippen LogP contribution < -0.4 is 5.73 Å². The topological polar surface area (TPSA) is 59.4 Å². The lowest BCUT2D eigenvalue weighted by Crippen LogP contribution is -1.76. The quantitative estimate of drug-likeness (QED) is 0.698. The van der Waals surface area contributed by atoms with E-state index in [1.807, 2.05) is 6.07 Å². The summed E-state index contributed by atoms with van der Waals surface area (Å²) in [5.41, 5.74) is 7.18. The molecular weight excluding hydrogens is 166 g/mol. The number of hydrogen-bond donors (Lipinski definition) is 2. The van der Waals surface area contributed by atoms with Crippen LogP contribution in [0.1, 0.15) is 0 Å². The predicted molar refractivity (Wildman–Crippen MR) is 50.2 cm³/mol. The van der Waals surface area contributed by atoms with Crippen LogP contribution in [-0.4, -0.2) is 5.11 Å². The SMILES string of the molecule is Nc1cc(-c2cccc(O)c2)co1. The molecule has 0 aliphatic heterocycles. The molecule has 0 radical (unpaired) electrons. The van der Waals surface area contributed by atoms with E-state index in [4.69, 9.17) is 10.2 Å². The molecule has 2 aromatic rings. The van der Waals surface area contributed by atoms with Gasteiger partial charge in [0.1, 0.15) is 12.0 Å². The van der Waals surface area contributed by atoms with Crippen LogP contribution in [0.2, 0.25) is 0 Å². The van der Waals surface area contributed by atoms with Crippen LogP contribution >= 0.6 is 0 Å². The zero-order valence-corrected chi connectivity index (χ0v) is 6.90. The van der Waals surface area contributed by atoms with Crippen LogP contribution in [0, 0.1) is 0 Å². The van der Waals surface area contributed by atoms with Gasteiger partial charge in [-0.15, -0.1) is 0 Å². The molecule has 0 spiro atoms. The maximum atomic E-state index is 9.22. The highest BCUT2D eigenvalue weighted by Gasteiger charge is 2.01. The molecule has 0 atom stereocenters. The molecule has 0 bridgehead atoms. The van der Waals surface area contributed by atoms with Crippen LogP contribution in [0.5, 0.6) is 5.75 Å². The van der Waals surface area contributed by atoms with Gasteiger partial charge < -0.3 is 15.3 Å². The molecule has 3 heteroatoms. The van der Waals surface area contributed by atoms with Gasteiger partial charge in [-0.1, -0.05) is 12.1 Å². The van der Waals surface area contributed by atoms with E-state index in [2.05, 4.69) is 0 Å². The van der Waals surface area contributed by atoms with Crippen molar-refractivity contribution in [1.29, 1.82) is 0 Å². The number of nitrogen functional groups attached to an aromatic ring is 1. The Balaban J connectivity index is 2.46. The summed E-state index contributed by atoms with van der Waals surface area (Å²) in [6, 6.07) is 8.64. The van der Waals surface area contributed by atoms with Crippen LogP contribution in [-0.2, 0) is 0 Å². The van der Waals surface area contributed by atoms with Crippen LogP contribution in [0.3, 0.4) is 0 Å². The zero-order valence-electron chi connectivity index (χ0n) is 6.90. The molecule has 0 aliphatic carbocycles. The first kappa shape index (κ1) is 7.73. The molecule has 2 rings (SSSR count). The summed E-state index contributed by atoms with van der Waals surface area (Å²) in [6.45, 7) is 0. The number of benzene rings is 1. The molecular formula is C10H9NO2. The van der Waals surface area contributed by atoms with Gasteiger partial charge in [0.05, 0.1) is 0 Å². The Labute approximate surface area is 75.4 Å². The van der Waals surface area contributed by atoms with E-state index in [1.165, 1.54) is 0 Å². The highest BCUT2D eigenvalue weighted by Crippen LogP contribution is 2.25. The van der Waals surface area contributed by atoms with Gasteiger partial charge in [-0.25, -0.2) is 0 Å². The molecule has 3 nitrogen and oxygen atoms in total. The Bertz CT molecular complexity index is 420. The van der Waals surface area contributed by atoms with Gasteiger partial charge in [0.15, 0.2) is 5.88 Å². The van der Waals surface area contributed by atoms with Crippen molar-refractivity contribution in [2.24, 2.45) is 0 Å². The Morgan fingerprint density at radius 3 is 2.62 bits per heavy atom. The van der Waals surface area contributed by atoms with Crippen molar-refractivity contribution in [2.75, 3.05) is 5.73 Å². The first-order chi connectivity index (χ1) is 6.25. The fourth-order valence-corrected chi connectivity index (χ4v) is 1.19.